The lowest BCUT2D eigenvalue weighted by atomic mass is 10.0. The molecule has 0 aromatic heterocycles. The molecule has 0 aromatic carbocycles. The van der Waals surface area contributed by atoms with E-state index in [9.17, 15) is 0 Å². The number of hydrogen-bond acceptors (Lipinski definition) is 1. The van der Waals surface area contributed by atoms with Crippen molar-refractivity contribution >= 4 is 0 Å². The number of hydrogen-bond donors (Lipinski definition) is 1. The van der Waals surface area contributed by atoms with E-state index in [1.165, 1.54) is 6.42 Å². The highest BCUT2D eigenvalue weighted by Crippen LogP contribution is 2.80. The lowest BCUT2D eigenvalue weighted by molar-refractivity contribution is 0.137. The van der Waals surface area contributed by atoms with Crippen molar-refractivity contribution in [3.8, 4) is 0 Å². The Bertz CT molecular complexity index is 128. The first-order valence-corrected chi connectivity index (χ1v) is 3.34. The number of fused-ring (bicyclic) bond motifs is 1. The number of aliphatic hydroxyl groups excluding tert-OH is 1. The molecule has 4 atom stereocenters. The molecule has 2 aliphatic carbocycles. The van der Waals surface area contributed by atoms with Gasteiger partial charge in [0.1, 0.15) is 0 Å². The normalized spacial score (nSPS) is 61.9. The Morgan fingerprint density at radius 2 is 2.25 bits per heavy atom. The fourth-order valence-electron chi connectivity index (χ4n) is 2.10. The molecule has 0 heterocycles. The van der Waals surface area contributed by atoms with Gasteiger partial charge in [-0.2, -0.15) is 0 Å². The summed E-state index contributed by atoms with van der Waals surface area (Å²) < 4.78 is 0. The number of aliphatic hydroxyl groups is 1. The van der Waals surface area contributed by atoms with E-state index in [1.807, 2.05) is 6.92 Å². The Balaban J connectivity index is 2.00. The molecule has 2 rings (SSSR count). The van der Waals surface area contributed by atoms with Crippen molar-refractivity contribution < 1.29 is 5.11 Å². The molecule has 2 fully saturated rings. The van der Waals surface area contributed by atoms with Gasteiger partial charge in [-0.15, -0.1) is 0 Å². The summed E-state index contributed by atoms with van der Waals surface area (Å²) >= 11 is 0. The van der Waals surface area contributed by atoms with Crippen LogP contribution < -0.4 is 0 Å². The molecule has 0 aliphatic heterocycles. The maximum Gasteiger partial charge on any atom is 0.0548 e. The summed E-state index contributed by atoms with van der Waals surface area (Å²) in [5, 5.41) is 9.06. The second-order valence-electron chi connectivity index (χ2n) is 3.58. The standard InChI is InChI=1S/C7H12O/c1-4(8)6-5-3-7(5,6)2/h4-6,8H,3H2,1-2H3/t4?,5?,6?,7-/m1/s1. The second kappa shape index (κ2) is 0.971. The van der Waals surface area contributed by atoms with Crippen molar-refractivity contribution in [1.82, 2.24) is 0 Å². The highest BCUT2D eigenvalue weighted by Gasteiger charge is 2.76. The fraction of sp³-hybridized carbons (Fsp3) is 1.00. The van der Waals surface area contributed by atoms with Crippen molar-refractivity contribution in [3.05, 3.63) is 0 Å². The zero-order valence-electron chi connectivity index (χ0n) is 5.39. The molecular weight excluding hydrogens is 100 g/mol. The van der Waals surface area contributed by atoms with Crippen LogP contribution >= 0.6 is 0 Å². The van der Waals surface area contributed by atoms with Crippen molar-refractivity contribution in [2.24, 2.45) is 17.3 Å². The maximum absolute atomic E-state index is 9.06. The lowest BCUT2D eigenvalue weighted by Crippen LogP contribution is -2.11. The van der Waals surface area contributed by atoms with Crippen LogP contribution in [0, 0.1) is 17.3 Å². The van der Waals surface area contributed by atoms with Crippen LogP contribution in [0.1, 0.15) is 20.3 Å². The largest absolute Gasteiger partial charge is 0.393 e. The van der Waals surface area contributed by atoms with Crippen molar-refractivity contribution in [1.29, 1.82) is 0 Å². The minimum absolute atomic E-state index is 0.0428. The second-order valence-corrected chi connectivity index (χ2v) is 3.58. The molecule has 3 unspecified atom stereocenters. The van der Waals surface area contributed by atoms with Gasteiger partial charge in [0.2, 0.25) is 0 Å². The van der Waals surface area contributed by atoms with Gasteiger partial charge in [0.25, 0.3) is 0 Å². The van der Waals surface area contributed by atoms with E-state index in [0.29, 0.717) is 11.3 Å². The van der Waals surface area contributed by atoms with Gasteiger partial charge in [-0.3, -0.25) is 0 Å². The molecular formula is C7H12O. The highest BCUT2D eigenvalue weighted by molar-refractivity contribution is 5.24. The van der Waals surface area contributed by atoms with Gasteiger partial charge in [0.15, 0.2) is 0 Å². The number of rotatable bonds is 1. The summed E-state index contributed by atoms with van der Waals surface area (Å²) in [6, 6.07) is 0. The molecule has 0 radical (unpaired) electrons. The minimum Gasteiger partial charge on any atom is -0.393 e. The summed E-state index contributed by atoms with van der Waals surface area (Å²) in [5.41, 5.74) is 0.605. The van der Waals surface area contributed by atoms with Crippen LogP contribution in [0.4, 0.5) is 0 Å². The smallest absolute Gasteiger partial charge is 0.0548 e. The molecule has 46 valence electrons. The van der Waals surface area contributed by atoms with Crippen LogP contribution in [0.2, 0.25) is 0 Å². The Morgan fingerprint density at radius 1 is 1.75 bits per heavy atom. The molecule has 0 spiro atoms. The Labute approximate surface area is 49.7 Å². The van der Waals surface area contributed by atoms with Gasteiger partial charge < -0.3 is 5.11 Å². The van der Waals surface area contributed by atoms with E-state index in [-0.39, 0.29) is 6.10 Å². The zero-order valence-corrected chi connectivity index (χ0v) is 5.39. The molecule has 0 bridgehead atoms. The van der Waals surface area contributed by atoms with Crippen LogP contribution in [0.3, 0.4) is 0 Å². The van der Waals surface area contributed by atoms with Crippen LogP contribution in [0.25, 0.3) is 0 Å². The van der Waals surface area contributed by atoms with Gasteiger partial charge in [0, 0.05) is 0 Å². The van der Waals surface area contributed by atoms with Gasteiger partial charge >= 0.3 is 0 Å². The molecule has 0 amide bonds. The monoisotopic (exact) mass is 112 g/mol. The predicted octanol–water partition coefficient (Wildman–Crippen LogP) is 1.02. The molecule has 1 nitrogen and oxygen atoms in total. The molecule has 2 aliphatic rings. The summed E-state index contributed by atoms with van der Waals surface area (Å²) in [6.45, 7) is 4.18. The fourth-order valence-corrected chi connectivity index (χ4v) is 2.10. The van der Waals surface area contributed by atoms with Gasteiger partial charge in [0.05, 0.1) is 6.10 Å². The van der Waals surface area contributed by atoms with E-state index < -0.39 is 0 Å². The quantitative estimate of drug-likeness (QED) is 0.537. The van der Waals surface area contributed by atoms with E-state index in [2.05, 4.69) is 6.92 Å². The first kappa shape index (κ1) is 4.80. The van der Waals surface area contributed by atoms with Crippen LogP contribution in [0.5, 0.6) is 0 Å². The van der Waals surface area contributed by atoms with Crippen LogP contribution in [-0.4, -0.2) is 11.2 Å². The van der Waals surface area contributed by atoms with E-state index in [0.717, 1.165) is 5.92 Å². The molecule has 0 aromatic rings. The van der Waals surface area contributed by atoms with E-state index >= 15 is 0 Å². The minimum atomic E-state index is -0.0428. The SMILES string of the molecule is CC(O)C1C2C[C@]21C. The molecule has 1 N–H and O–H groups in total. The third-order valence-electron chi connectivity index (χ3n) is 2.95. The van der Waals surface area contributed by atoms with Gasteiger partial charge in [-0.1, -0.05) is 6.92 Å². The van der Waals surface area contributed by atoms with E-state index in [4.69, 9.17) is 5.11 Å². The molecule has 2 saturated carbocycles. The molecule has 0 saturated heterocycles. The average molecular weight is 112 g/mol. The van der Waals surface area contributed by atoms with Gasteiger partial charge in [-0.05, 0) is 30.6 Å². The van der Waals surface area contributed by atoms with Crippen LogP contribution in [0.15, 0.2) is 0 Å². The Hall–Kier alpha value is -0.0400. The van der Waals surface area contributed by atoms with Crippen molar-refractivity contribution in [2.45, 2.75) is 26.4 Å². The molecule has 8 heavy (non-hydrogen) atoms. The van der Waals surface area contributed by atoms with E-state index in [1.54, 1.807) is 0 Å². The summed E-state index contributed by atoms with van der Waals surface area (Å²) in [6.07, 6.45) is 1.33. The third-order valence-corrected chi connectivity index (χ3v) is 2.95. The Kier molecular flexibility index (Phi) is 0.583. The first-order valence-electron chi connectivity index (χ1n) is 3.34. The average Bonchev–Trinajstić information content (AvgIpc) is 2.23. The summed E-state index contributed by atoms with van der Waals surface area (Å²) in [7, 11) is 0. The van der Waals surface area contributed by atoms with Crippen molar-refractivity contribution in [3.63, 3.8) is 0 Å². The topological polar surface area (TPSA) is 20.2 Å². The molecule has 1 heteroatoms. The first-order chi connectivity index (χ1) is 3.66. The lowest BCUT2D eigenvalue weighted by Gasteiger charge is -2.08. The maximum atomic E-state index is 9.06. The summed E-state index contributed by atoms with van der Waals surface area (Å²) in [5.74, 6) is 1.57. The van der Waals surface area contributed by atoms with Crippen molar-refractivity contribution in [2.75, 3.05) is 0 Å². The Morgan fingerprint density at radius 3 is 2.25 bits per heavy atom. The highest BCUT2D eigenvalue weighted by atomic mass is 16.3. The third kappa shape index (κ3) is 0.334. The predicted molar refractivity (Wildman–Crippen MR) is 31.4 cm³/mol. The van der Waals surface area contributed by atoms with Gasteiger partial charge in [-0.25, -0.2) is 0 Å². The zero-order chi connectivity index (χ0) is 5.94. The summed E-state index contributed by atoms with van der Waals surface area (Å²) in [4.78, 5) is 0. The van der Waals surface area contributed by atoms with Crippen LogP contribution in [-0.2, 0) is 0 Å².